The van der Waals surface area contributed by atoms with Gasteiger partial charge in [0.1, 0.15) is 27.3 Å². The number of nitrogens with zero attached hydrogens (tertiary/aromatic N) is 3. The summed E-state index contributed by atoms with van der Waals surface area (Å²) in [5, 5.41) is 20.9. The van der Waals surface area contributed by atoms with Gasteiger partial charge < -0.3 is 4.18 Å². The van der Waals surface area contributed by atoms with Crippen LogP contribution in [0.5, 0.6) is 5.75 Å². The fourth-order valence-electron chi connectivity index (χ4n) is 2.52. The van der Waals surface area contributed by atoms with E-state index in [1.54, 1.807) is 36.4 Å². The van der Waals surface area contributed by atoms with Gasteiger partial charge in [0.15, 0.2) is 0 Å². The number of nitrogens with one attached hydrogen (secondary N) is 1. The Morgan fingerprint density at radius 2 is 1.87 bits per heavy atom. The summed E-state index contributed by atoms with van der Waals surface area (Å²) in [7, 11) is -4.08. The van der Waals surface area contributed by atoms with E-state index in [4.69, 9.17) is 4.18 Å². The number of aromatic nitrogens is 2. The van der Waals surface area contributed by atoms with Gasteiger partial charge in [-0.15, -0.1) is 10.2 Å². The Balaban J connectivity index is 1.84. The van der Waals surface area contributed by atoms with Gasteiger partial charge in [-0.1, -0.05) is 54.7 Å². The van der Waals surface area contributed by atoms with Gasteiger partial charge in [-0.25, -0.2) is 0 Å². The molecule has 0 fully saturated rings. The standard InChI is InChI=1S/C21H18N4O4S2/c1-2-8-19-24-25-21(30-19)23-20(26)16(14-22)13-15-9-6-7-12-18(15)29-31(27,28)17-10-4-3-5-11-17/h3-7,9-13H,2,8H2,1H3,(H,23,25,26)/b16-13-. The molecule has 0 aliphatic rings. The number of carbonyl (C=O) groups is 1. The molecular formula is C21H18N4O4S2. The summed E-state index contributed by atoms with van der Waals surface area (Å²) in [5.41, 5.74) is 0.0260. The third-order valence-corrected chi connectivity index (χ3v) is 6.11. The molecule has 31 heavy (non-hydrogen) atoms. The van der Waals surface area contributed by atoms with E-state index in [0.717, 1.165) is 17.8 Å². The predicted molar refractivity (Wildman–Crippen MR) is 117 cm³/mol. The van der Waals surface area contributed by atoms with Gasteiger partial charge in [0.2, 0.25) is 5.13 Å². The second kappa shape index (κ2) is 9.97. The molecule has 1 N–H and O–H groups in total. The maximum absolute atomic E-state index is 12.5. The number of carbonyl (C=O) groups excluding carboxylic acids is 1. The van der Waals surface area contributed by atoms with Crippen LogP contribution in [0.2, 0.25) is 0 Å². The SMILES string of the molecule is CCCc1nnc(NC(=O)/C(C#N)=C\c2ccccc2OS(=O)(=O)c2ccccc2)s1. The Morgan fingerprint density at radius 1 is 1.16 bits per heavy atom. The second-order valence-corrected chi connectivity index (χ2v) is 8.87. The average molecular weight is 455 g/mol. The maximum atomic E-state index is 12.5. The van der Waals surface area contributed by atoms with Crippen LogP contribution in [0.25, 0.3) is 6.08 Å². The molecular weight excluding hydrogens is 436 g/mol. The lowest BCUT2D eigenvalue weighted by Crippen LogP contribution is -2.13. The summed E-state index contributed by atoms with van der Waals surface area (Å²) in [6.07, 6.45) is 2.91. The molecule has 2 aromatic carbocycles. The Bertz CT molecular complexity index is 1250. The zero-order valence-electron chi connectivity index (χ0n) is 16.5. The van der Waals surface area contributed by atoms with E-state index in [0.29, 0.717) is 0 Å². The van der Waals surface area contributed by atoms with E-state index in [9.17, 15) is 18.5 Å². The zero-order valence-corrected chi connectivity index (χ0v) is 18.1. The summed E-state index contributed by atoms with van der Waals surface area (Å²) in [6.45, 7) is 2.01. The van der Waals surface area contributed by atoms with Crippen molar-refractivity contribution in [3.63, 3.8) is 0 Å². The highest BCUT2D eigenvalue weighted by atomic mass is 32.2. The van der Waals surface area contributed by atoms with Crippen molar-refractivity contribution >= 4 is 38.6 Å². The van der Waals surface area contributed by atoms with E-state index >= 15 is 0 Å². The molecule has 1 aromatic heterocycles. The van der Waals surface area contributed by atoms with Crippen LogP contribution < -0.4 is 9.50 Å². The predicted octanol–water partition coefficient (Wildman–Crippen LogP) is 3.80. The van der Waals surface area contributed by atoms with Gasteiger partial charge in [-0.05, 0) is 30.7 Å². The number of anilines is 1. The second-order valence-electron chi connectivity index (χ2n) is 6.26. The lowest BCUT2D eigenvalue weighted by Gasteiger charge is -2.10. The van der Waals surface area contributed by atoms with Crippen LogP contribution in [0.3, 0.4) is 0 Å². The molecule has 10 heteroatoms. The maximum Gasteiger partial charge on any atom is 0.339 e. The monoisotopic (exact) mass is 454 g/mol. The summed E-state index contributed by atoms with van der Waals surface area (Å²) in [4.78, 5) is 12.5. The molecule has 0 atom stereocenters. The Morgan fingerprint density at radius 3 is 2.58 bits per heavy atom. The van der Waals surface area contributed by atoms with Gasteiger partial charge in [-0.3, -0.25) is 10.1 Å². The van der Waals surface area contributed by atoms with Gasteiger partial charge in [0, 0.05) is 12.0 Å². The van der Waals surface area contributed by atoms with Crippen molar-refractivity contribution in [1.82, 2.24) is 10.2 Å². The molecule has 1 heterocycles. The molecule has 0 unspecified atom stereocenters. The van der Waals surface area contributed by atoms with Crippen molar-refractivity contribution in [2.24, 2.45) is 0 Å². The van der Waals surface area contributed by atoms with Gasteiger partial charge in [0.25, 0.3) is 5.91 Å². The Labute approximate surface area is 184 Å². The minimum Gasteiger partial charge on any atom is -0.378 e. The molecule has 8 nitrogen and oxygen atoms in total. The number of amides is 1. The van der Waals surface area contributed by atoms with Crippen molar-refractivity contribution in [1.29, 1.82) is 5.26 Å². The van der Waals surface area contributed by atoms with Crippen LogP contribution in [0.4, 0.5) is 5.13 Å². The first-order chi connectivity index (χ1) is 14.9. The summed E-state index contributed by atoms with van der Waals surface area (Å²) < 4.78 is 30.3. The molecule has 0 aliphatic carbocycles. The third kappa shape index (κ3) is 5.75. The Hall–Kier alpha value is -3.55. The molecule has 0 radical (unpaired) electrons. The number of aryl methyl sites for hydroxylation is 1. The van der Waals surface area contributed by atoms with Gasteiger partial charge >= 0.3 is 10.1 Å². The normalized spacial score (nSPS) is 11.5. The molecule has 0 saturated carbocycles. The summed E-state index contributed by atoms with van der Waals surface area (Å²) >= 11 is 1.23. The van der Waals surface area contributed by atoms with Gasteiger partial charge in [0.05, 0.1) is 0 Å². The first kappa shape index (κ1) is 22.1. The highest BCUT2D eigenvalue weighted by Crippen LogP contribution is 2.25. The fraction of sp³-hybridized carbons (Fsp3) is 0.143. The highest BCUT2D eigenvalue weighted by Gasteiger charge is 2.19. The van der Waals surface area contributed by atoms with Crippen LogP contribution in [-0.2, 0) is 21.3 Å². The first-order valence-electron chi connectivity index (χ1n) is 9.27. The largest absolute Gasteiger partial charge is 0.378 e. The lowest BCUT2D eigenvalue weighted by atomic mass is 10.1. The van der Waals surface area contributed by atoms with Crippen LogP contribution in [0.1, 0.15) is 23.9 Å². The highest BCUT2D eigenvalue weighted by molar-refractivity contribution is 7.87. The number of para-hydroxylation sites is 1. The van der Waals surface area contributed by atoms with Crippen molar-refractivity contribution in [2.45, 2.75) is 24.7 Å². The summed E-state index contributed by atoms with van der Waals surface area (Å²) in [5.74, 6) is -0.685. The zero-order chi connectivity index (χ0) is 22.3. The number of hydrogen-bond donors (Lipinski definition) is 1. The number of hydrogen-bond acceptors (Lipinski definition) is 8. The Kier molecular flexibility index (Phi) is 7.12. The van der Waals surface area contributed by atoms with E-state index in [1.807, 2.05) is 13.0 Å². The summed E-state index contributed by atoms with van der Waals surface area (Å²) in [6, 6.07) is 15.7. The first-order valence-corrected chi connectivity index (χ1v) is 11.5. The third-order valence-electron chi connectivity index (χ3n) is 3.97. The molecule has 1 amide bonds. The molecule has 158 valence electrons. The molecule has 0 spiro atoms. The molecule has 0 bridgehead atoms. The lowest BCUT2D eigenvalue weighted by molar-refractivity contribution is -0.112. The van der Waals surface area contributed by atoms with Crippen LogP contribution in [0, 0.1) is 11.3 Å². The van der Waals surface area contributed by atoms with Crippen LogP contribution in [0.15, 0.2) is 65.1 Å². The molecule has 0 aliphatic heterocycles. The quantitative estimate of drug-likeness (QED) is 0.312. The van der Waals surface area contributed by atoms with Crippen LogP contribution >= 0.6 is 11.3 Å². The van der Waals surface area contributed by atoms with Crippen molar-refractivity contribution in [3.05, 3.63) is 70.7 Å². The number of rotatable bonds is 8. The minimum atomic E-state index is -4.08. The van der Waals surface area contributed by atoms with Crippen molar-refractivity contribution in [2.75, 3.05) is 5.32 Å². The smallest absolute Gasteiger partial charge is 0.339 e. The van der Waals surface area contributed by atoms with Crippen LogP contribution in [-0.4, -0.2) is 24.5 Å². The van der Waals surface area contributed by atoms with Crippen molar-refractivity contribution < 1.29 is 17.4 Å². The molecule has 0 saturated heterocycles. The number of nitriles is 1. The van der Waals surface area contributed by atoms with E-state index < -0.39 is 16.0 Å². The van der Waals surface area contributed by atoms with E-state index in [1.165, 1.54) is 35.6 Å². The number of benzene rings is 2. The minimum absolute atomic E-state index is 0.00643. The topological polar surface area (TPSA) is 122 Å². The van der Waals surface area contributed by atoms with Crippen molar-refractivity contribution in [3.8, 4) is 11.8 Å². The average Bonchev–Trinajstić information content (AvgIpc) is 3.20. The molecule has 3 aromatic rings. The van der Waals surface area contributed by atoms with E-state index in [2.05, 4.69) is 15.5 Å². The fourth-order valence-corrected chi connectivity index (χ4v) is 4.33. The van der Waals surface area contributed by atoms with Gasteiger partial charge in [-0.2, -0.15) is 13.7 Å². The van der Waals surface area contributed by atoms with E-state index in [-0.39, 0.29) is 26.9 Å². The molecule has 3 rings (SSSR count).